The summed E-state index contributed by atoms with van der Waals surface area (Å²) in [6.45, 7) is 8.64. The number of aromatic nitrogens is 4. The monoisotopic (exact) mass is 450 g/mol. The van der Waals surface area contributed by atoms with Crippen LogP contribution in [0.1, 0.15) is 54.4 Å². The second-order valence-electron chi connectivity index (χ2n) is 7.44. The highest BCUT2D eigenvalue weighted by Crippen LogP contribution is 2.33. The summed E-state index contributed by atoms with van der Waals surface area (Å²) >= 11 is 12.2. The average molecular weight is 451 g/mol. The Hall–Kier alpha value is -2.71. The highest BCUT2D eigenvalue weighted by Gasteiger charge is 2.30. The molecule has 0 atom stereocenters. The number of hydrogen-bond acceptors (Lipinski definition) is 7. The molecule has 0 radical (unpaired) electrons. The largest absolute Gasteiger partial charge is 0.461 e. The molecule has 2 aromatic heterocycles. The molecule has 0 unspecified atom stereocenters. The topological polar surface area (TPSA) is 95.7 Å². The smallest absolute Gasteiger partial charge is 0.361 e. The molecule has 2 heterocycles. The summed E-state index contributed by atoms with van der Waals surface area (Å²) in [5.41, 5.74) is 0.874. The van der Waals surface area contributed by atoms with Crippen molar-refractivity contribution in [2.45, 2.75) is 40.2 Å². The minimum absolute atomic E-state index is 0.107. The van der Waals surface area contributed by atoms with Crippen molar-refractivity contribution in [1.82, 2.24) is 19.8 Å². The Morgan fingerprint density at radius 2 is 1.80 bits per heavy atom. The van der Waals surface area contributed by atoms with E-state index >= 15 is 0 Å². The number of ether oxygens (including phenoxy) is 2. The van der Waals surface area contributed by atoms with Crippen LogP contribution in [0, 0.1) is 6.92 Å². The lowest BCUT2D eigenvalue weighted by molar-refractivity contribution is 0.00544. The van der Waals surface area contributed by atoms with Crippen molar-refractivity contribution in [2.24, 2.45) is 0 Å². The Morgan fingerprint density at radius 3 is 2.40 bits per heavy atom. The van der Waals surface area contributed by atoms with E-state index in [1.165, 1.54) is 4.52 Å². The molecule has 0 fully saturated rings. The predicted octanol–water partition coefficient (Wildman–Crippen LogP) is 4.54. The fourth-order valence-corrected chi connectivity index (χ4v) is 3.14. The SMILES string of the molecule is CCOC(=O)c1c(C(=O)OC(C)(C)C)nnc2c(-c3ccc(Cl)c(Cl)c3)c(C)nn12. The molecule has 0 aliphatic carbocycles. The van der Waals surface area contributed by atoms with Gasteiger partial charge in [-0.1, -0.05) is 29.3 Å². The van der Waals surface area contributed by atoms with Crippen molar-refractivity contribution in [2.75, 3.05) is 6.61 Å². The number of nitrogens with zero attached hydrogens (tertiary/aromatic N) is 4. The number of aryl methyl sites for hydroxylation is 1. The van der Waals surface area contributed by atoms with Crippen molar-refractivity contribution in [3.8, 4) is 11.1 Å². The van der Waals surface area contributed by atoms with Gasteiger partial charge in [-0.2, -0.15) is 5.10 Å². The highest BCUT2D eigenvalue weighted by atomic mass is 35.5. The molecule has 0 saturated heterocycles. The van der Waals surface area contributed by atoms with Gasteiger partial charge in [-0.05, 0) is 52.3 Å². The summed E-state index contributed by atoms with van der Waals surface area (Å²) in [5.74, 6) is -1.56. The van der Waals surface area contributed by atoms with E-state index in [2.05, 4.69) is 15.3 Å². The zero-order valence-corrected chi connectivity index (χ0v) is 18.6. The number of carbonyl (C=O) groups is 2. The van der Waals surface area contributed by atoms with Gasteiger partial charge in [-0.3, -0.25) is 0 Å². The standard InChI is InChI=1S/C20H20Cl2N4O4/c1-6-29-19(28)16-15(18(27)30-20(3,4)5)23-24-17-14(10(2)25-26(16)17)11-7-8-12(21)13(22)9-11/h7-9H,6H2,1-5H3. The fraction of sp³-hybridized carbons (Fsp3) is 0.350. The van der Waals surface area contributed by atoms with Gasteiger partial charge < -0.3 is 9.47 Å². The van der Waals surface area contributed by atoms with E-state index < -0.39 is 17.5 Å². The van der Waals surface area contributed by atoms with Crippen LogP contribution in [0.3, 0.4) is 0 Å². The molecule has 0 N–H and O–H groups in total. The number of benzene rings is 1. The van der Waals surface area contributed by atoms with Crippen LogP contribution < -0.4 is 0 Å². The van der Waals surface area contributed by atoms with Crippen LogP contribution in [0.15, 0.2) is 18.2 Å². The molecule has 0 bridgehead atoms. The van der Waals surface area contributed by atoms with Crippen LogP contribution in [0.5, 0.6) is 0 Å². The number of esters is 2. The lowest BCUT2D eigenvalue weighted by atomic mass is 10.1. The first-order chi connectivity index (χ1) is 14.0. The van der Waals surface area contributed by atoms with Crippen molar-refractivity contribution < 1.29 is 19.1 Å². The maximum atomic E-state index is 12.7. The second-order valence-corrected chi connectivity index (χ2v) is 8.26. The van der Waals surface area contributed by atoms with Gasteiger partial charge in [0.25, 0.3) is 0 Å². The lowest BCUT2D eigenvalue weighted by Gasteiger charge is -2.19. The van der Waals surface area contributed by atoms with Crippen LogP contribution in [-0.4, -0.2) is 44.0 Å². The molecule has 0 aliphatic rings. The predicted molar refractivity (Wildman–Crippen MR) is 112 cm³/mol. The number of carbonyl (C=O) groups excluding carboxylic acids is 2. The molecule has 30 heavy (non-hydrogen) atoms. The number of fused-ring (bicyclic) bond motifs is 1. The minimum atomic E-state index is -0.802. The van der Waals surface area contributed by atoms with Crippen LogP contribution in [0.2, 0.25) is 10.0 Å². The van der Waals surface area contributed by atoms with Crippen molar-refractivity contribution in [3.63, 3.8) is 0 Å². The van der Waals surface area contributed by atoms with Gasteiger partial charge in [-0.25, -0.2) is 14.1 Å². The van der Waals surface area contributed by atoms with Gasteiger partial charge in [0.05, 0.1) is 27.9 Å². The van der Waals surface area contributed by atoms with Crippen molar-refractivity contribution >= 4 is 40.8 Å². The molecule has 0 spiro atoms. The molecule has 3 rings (SSSR count). The molecular formula is C20H20Cl2N4O4. The van der Waals surface area contributed by atoms with E-state index in [4.69, 9.17) is 32.7 Å². The number of rotatable bonds is 4. The molecule has 0 saturated carbocycles. The molecule has 8 nitrogen and oxygen atoms in total. The molecular weight excluding hydrogens is 431 g/mol. The summed E-state index contributed by atoms with van der Waals surface area (Å²) < 4.78 is 11.8. The Bertz CT molecular complexity index is 1150. The number of hydrogen-bond donors (Lipinski definition) is 0. The Kier molecular flexibility index (Phi) is 6.01. The summed E-state index contributed by atoms with van der Waals surface area (Å²) in [4.78, 5) is 25.4. The van der Waals surface area contributed by atoms with E-state index in [0.29, 0.717) is 26.9 Å². The van der Waals surface area contributed by atoms with Gasteiger partial charge in [0.15, 0.2) is 11.3 Å². The van der Waals surface area contributed by atoms with Gasteiger partial charge in [0.1, 0.15) is 5.60 Å². The highest BCUT2D eigenvalue weighted by molar-refractivity contribution is 6.42. The lowest BCUT2D eigenvalue weighted by Crippen LogP contribution is -2.28. The molecule has 0 amide bonds. The van der Waals surface area contributed by atoms with E-state index in [1.807, 2.05) is 0 Å². The fourth-order valence-electron chi connectivity index (χ4n) is 2.84. The van der Waals surface area contributed by atoms with Gasteiger partial charge in [-0.15, -0.1) is 10.2 Å². The summed E-state index contributed by atoms with van der Waals surface area (Å²) in [7, 11) is 0. The van der Waals surface area contributed by atoms with E-state index in [0.717, 1.165) is 0 Å². The van der Waals surface area contributed by atoms with Crippen LogP contribution >= 0.6 is 23.2 Å². The third-order valence-electron chi connectivity index (χ3n) is 3.99. The van der Waals surface area contributed by atoms with E-state index in [1.54, 1.807) is 52.8 Å². The van der Waals surface area contributed by atoms with Crippen LogP contribution in [-0.2, 0) is 9.47 Å². The molecule has 0 aliphatic heterocycles. The average Bonchev–Trinajstić information content (AvgIpc) is 2.97. The van der Waals surface area contributed by atoms with Crippen LogP contribution in [0.4, 0.5) is 0 Å². The van der Waals surface area contributed by atoms with Crippen LogP contribution in [0.25, 0.3) is 16.8 Å². The maximum Gasteiger partial charge on any atom is 0.361 e. The first-order valence-electron chi connectivity index (χ1n) is 9.15. The van der Waals surface area contributed by atoms with Gasteiger partial charge in [0.2, 0.25) is 5.69 Å². The Morgan fingerprint density at radius 1 is 1.10 bits per heavy atom. The first kappa shape index (κ1) is 22.0. The van der Waals surface area contributed by atoms with Gasteiger partial charge in [0, 0.05) is 0 Å². The quantitative estimate of drug-likeness (QED) is 0.538. The number of halogens is 2. The zero-order valence-electron chi connectivity index (χ0n) is 17.1. The zero-order chi connectivity index (χ0) is 22.2. The Labute approximate surface area is 183 Å². The normalized spacial score (nSPS) is 11.6. The van der Waals surface area contributed by atoms with E-state index in [-0.39, 0.29) is 23.6 Å². The van der Waals surface area contributed by atoms with Crippen molar-refractivity contribution in [3.05, 3.63) is 45.3 Å². The van der Waals surface area contributed by atoms with E-state index in [9.17, 15) is 9.59 Å². The molecule has 158 valence electrons. The summed E-state index contributed by atoms with van der Waals surface area (Å²) in [6, 6.07) is 5.07. The Balaban J connectivity index is 2.27. The third-order valence-corrected chi connectivity index (χ3v) is 4.73. The minimum Gasteiger partial charge on any atom is -0.461 e. The maximum absolute atomic E-state index is 12.7. The van der Waals surface area contributed by atoms with Gasteiger partial charge >= 0.3 is 11.9 Å². The second kappa shape index (κ2) is 8.20. The summed E-state index contributed by atoms with van der Waals surface area (Å²) in [5, 5.41) is 13.3. The molecule has 1 aromatic carbocycles. The molecule has 3 aromatic rings. The van der Waals surface area contributed by atoms with Crippen molar-refractivity contribution in [1.29, 1.82) is 0 Å². The summed E-state index contributed by atoms with van der Waals surface area (Å²) in [6.07, 6.45) is 0. The third kappa shape index (κ3) is 4.24. The first-order valence-corrected chi connectivity index (χ1v) is 9.91. The molecule has 10 heteroatoms.